The van der Waals surface area contributed by atoms with Gasteiger partial charge in [0.15, 0.2) is 5.11 Å². The number of halogens is 1. The third-order valence-electron chi connectivity index (χ3n) is 2.84. The van der Waals surface area contributed by atoms with Gasteiger partial charge < -0.3 is 11.1 Å². The van der Waals surface area contributed by atoms with E-state index in [1.54, 1.807) is 17.1 Å². The molecule has 0 unspecified atom stereocenters. The molecule has 92 valence electrons. The van der Waals surface area contributed by atoms with Crippen LogP contribution in [0.4, 0.5) is 5.82 Å². The minimum Gasteiger partial charge on any atom is -0.374 e. The van der Waals surface area contributed by atoms with Crippen LogP contribution < -0.4 is 11.1 Å². The van der Waals surface area contributed by atoms with Crippen molar-refractivity contribution in [2.75, 3.05) is 11.9 Å². The SMILES string of the molecule is NC(=S)n1nc(-c2cncc(Br)c2)c2c1NCC2. The van der Waals surface area contributed by atoms with Gasteiger partial charge in [0, 0.05) is 34.5 Å². The van der Waals surface area contributed by atoms with Crippen molar-refractivity contribution in [3.63, 3.8) is 0 Å². The van der Waals surface area contributed by atoms with Crippen molar-refractivity contribution in [3.05, 3.63) is 28.5 Å². The zero-order valence-corrected chi connectivity index (χ0v) is 11.8. The van der Waals surface area contributed by atoms with Gasteiger partial charge in [0.05, 0.1) is 5.69 Å². The van der Waals surface area contributed by atoms with Gasteiger partial charge in [-0.3, -0.25) is 4.98 Å². The van der Waals surface area contributed by atoms with Crippen LogP contribution in [-0.2, 0) is 6.42 Å². The molecule has 7 heteroatoms. The van der Waals surface area contributed by atoms with Crippen LogP contribution in [0.5, 0.6) is 0 Å². The van der Waals surface area contributed by atoms with E-state index in [0.717, 1.165) is 40.1 Å². The van der Waals surface area contributed by atoms with E-state index in [9.17, 15) is 0 Å². The Balaban J connectivity index is 2.19. The number of nitrogens with zero attached hydrogens (tertiary/aromatic N) is 3. The molecule has 1 aliphatic rings. The molecule has 3 rings (SSSR count). The lowest BCUT2D eigenvalue weighted by Gasteiger charge is -2.02. The molecule has 0 aromatic carbocycles. The molecule has 0 saturated carbocycles. The van der Waals surface area contributed by atoms with E-state index in [2.05, 4.69) is 31.3 Å². The molecule has 3 N–H and O–H groups in total. The molecule has 0 fully saturated rings. The van der Waals surface area contributed by atoms with Crippen molar-refractivity contribution < 1.29 is 0 Å². The van der Waals surface area contributed by atoms with E-state index in [-0.39, 0.29) is 5.11 Å². The van der Waals surface area contributed by atoms with Gasteiger partial charge in [0.25, 0.3) is 0 Å². The zero-order valence-electron chi connectivity index (χ0n) is 9.35. The van der Waals surface area contributed by atoms with Crippen LogP contribution >= 0.6 is 28.1 Å². The summed E-state index contributed by atoms with van der Waals surface area (Å²) in [6.45, 7) is 0.879. The lowest BCUT2D eigenvalue weighted by atomic mass is 10.1. The minimum absolute atomic E-state index is 0.245. The van der Waals surface area contributed by atoms with Crippen LogP contribution in [0.2, 0.25) is 0 Å². The van der Waals surface area contributed by atoms with E-state index in [1.807, 2.05) is 6.07 Å². The molecule has 0 saturated heterocycles. The van der Waals surface area contributed by atoms with Gasteiger partial charge in [-0.2, -0.15) is 9.78 Å². The Morgan fingerprint density at radius 2 is 2.33 bits per heavy atom. The summed E-state index contributed by atoms with van der Waals surface area (Å²) in [5.74, 6) is 0.900. The van der Waals surface area contributed by atoms with E-state index in [0.29, 0.717) is 0 Å². The molecule has 0 atom stereocenters. The Hall–Kier alpha value is -1.47. The highest BCUT2D eigenvalue weighted by molar-refractivity contribution is 9.10. The Labute approximate surface area is 118 Å². The smallest absolute Gasteiger partial charge is 0.193 e. The first-order valence-corrected chi connectivity index (χ1v) is 6.63. The Morgan fingerprint density at radius 1 is 1.50 bits per heavy atom. The standard InChI is InChI=1S/C11H10BrN5S/c12-7-3-6(4-14-5-7)9-8-1-2-15-10(8)17(16-9)11(13)18/h3-5,15H,1-2H2,(H2,13,18). The predicted molar refractivity (Wildman–Crippen MR) is 77.5 cm³/mol. The van der Waals surface area contributed by atoms with Crippen LogP contribution in [0, 0.1) is 0 Å². The van der Waals surface area contributed by atoms with Crippen molar-refractivity contribution in [2.24, 2.45) is 5.73 Å². The largest absolute Gasteiger partial charge is 0.374 e. The summed E-state index contributed by atoms with van der Waals surface area (Å²) in [4.78, 5) is 4.16. The number of hydrogen-bond acceptors (Lipinski definition) is 4. The molecular formula is C11H10BrN5S. The first kappa shape index (κ1) is 11.6. The second-order valence-electron chi connectivity index (χ2n) is 3.99. The quantitative estimate of drug-likeness (QED) is 0.783. The highest BCUT2D eigenvalue weighted by atomic mass is 79.9. The zero-order chi connectivity index (χ0) is 12.7. The summed E-state index contributed by atoms with van der Waals surface area (Å²) in [5.41, 5.74) is 8.66. The van der Waals surface area contributed by atoms with Crippen LogP contribution in [0.1, 0.15) is 5.56 Å². The molecule has 0 bridgehead atoms. The van der Waals surface area contributed by atoms with Gasteiger partial charge in [-0.25, -0.2) is 0 Å². The normalized spacial score (nSPS) is 13.2. The van der Waals surface area contributed by atoms with Gasteiger partial charge in [0.2, 0.25) is 0 Å². The first-order valence-electron chi connectivity index (χ1n) is 5.43. The molecule has 0 radical (unpaired) electrons. The molecule has 1 aliphatic heterocycles. The average molecular weight is 324 g/mol. The van der Waals surface area contributed by atoms with Gasteiger partial charge in [-0.1, -0.05) is 0 Å². The second kappa shape index (κ2) is 4.33. The van der Waals surface area contributed by atoms with Crippen molar-refractivity contribution in [2.45, 2.75) is 6.42 Å². The van der Waals surface area contributed by atoms with Gasteiger partial charge in [-0.05, 0) is 40.6 Å². The second-order valence-corrected chi connectivity index (χ2v) is 5.33. The molecule has 3 heterocycles. The molecule has 0 amide bonds. The van der Waals surface area contributed by atoms with Crippen LogP contribution in [0.3, 0.4) is 0 Å². The molecule has 18 heavy (non-hydrogen) atoms. The number of hydrogen-bond donors (Lipinski definition) is 2. The maximum absolute atomic E-state index is 5.68. The van der Waals surface area contributed by atoms with Gasteiger partial charge in [-0.15, -0.1) is 0 Å². The van der Waals surface area contributed by atoms with Crippen molar-refractivity contribution in [1.29, 1.82) is 0 Å². The molecule has 2 aromatic rings. The molecule has 2 aromatic heterocycles. The van der Waals surface area contributed by atoms with Gasteiger partial charge >= 0.3 is 0 Å². The average Bonchev–Trinajstić information content (AvgIpc) is 2.88. The fourth-order valence-electron chi connectivity index (χ4n) is 2.11. The fraction of sp³-hybridized carbons (Fsp3) is 0.182. The van der Waals surface area contributed by atoms with Crippen LogP contribution in [0.15, 0.2) is 22.9 Å². The fourth-order valence-corrected chi connectivity index (χ4v) is 2.60. The number of nitrogens with two attached hydrogens (primary N) is 1. The lowest BCUT2D eigenvalue weighted by Crippen LogP contribution is -2.22. The van der Waals surface area contributed by atoms with Crippen LogP contribution in [-0.4, -0.2) is 26.4 Å². The summed E-state index contributed by atoms with van der Waals surface area (Å²) >= 11 is 8.42. The van der Waals surface area contributed by atoms with Crippen molar-refractivity contribution in [1.82, 2.24) is 14.8 Å². The van der Waals surface area contributed by atoms with E-state index in [4.69, 9.17) is 18.0 Å². The summed E-state index contributed by atoms with van der Waals surface area (Å²) < 4.78 is 2.50. The summed E-state index contributed by atoms with van der Waals surface area (Å²) in [7, 11) is 0. The van der Waals surface area contributed by atoms with E-state index in [1.165, 1.54) is 0 Å². The van der Waals surface area contributed by atoms with Crippen molar-refractivity contribution >= 4 is 39.1 Å². The lowest BCUT2D eigenvalue weighted by molar-refractivity contribution is 0.934. The molecule has 0 aliphatic carbocycles. The number of fused-ring (bicyclic) bond motifs is 1. The monoisotopic (exact) mass is 323 g/mol. The van der Waals surface area contributed by atoms with Gasteiger partial charge in [0.1, 0.15) is 5.82 Å². The Morgan fingerprint density at radius 3 is 3.06 bits per heavy atom. The highest BCUT2D eigenvalue weighted by Crippen LogP contribution is 2.32. The highest BCUT2D eigenvalue weighted by Gasteiger charge is 2.24. The number of anilines is 1. The van der Waals surface area contributed by atoms with Crippen molar-refractivity contribution in [3.8, 4) is 11.3 Å². The third-order valence-corrected chi connectivity index (χ3v) is 3.44. The third kappa shape index (κ3) is 1.79. The number of pyridine rings is 1. The van der Waals surface area contributed by atoms with E-state index >= 15 is 0 Å². The Bertz CT molecular complexity index is 636. The predicted octanol–water partition coefficient (Wildman–Crippen LogP) is 1.77. The van der Waals surface area contributed by atoms with Crippen LogP contribution in [0.25, 0.3) is 11.3 Å². The summed E-state index contributed by atoms with van der Waals surface area (Å²) in [5, 5.41) is 7.97. The molecular weight excluding hydrogens is 314 g/mol. The van der Waals surface area contributed by atoms with E-state index < -0.39 is 0 Å². The maximum atomic E-state index is 5.68. The number of nitrogens with one attached hydrogen (secondary N) is 1. The first-order chi connectivity index (χ1) is 8.66. The Kier molecular flexibility index (Phi) is 2.79. The number of rotatable bonds is 1. The number of aromatic nitrogens is 3. The topological polar surface area (TPSA) is 68.8 Å². The molecule has 0 spiro atoms. The minimum atomic E-state index is 0.245. The summed E-state index contributed by atoms with van der Waals surface area (Å²) in [6.07, 6.45) is 4.45. The molecule has 5 nitrogen and oxygen atoms in total. The summed E-state index contributed by atoms with van der Waals surface area (Å²) in [6, 6.07) is 1.98. The number of thiocarbonyl (C=S) groups is 1. The maximum Gasteiger partial charge on any atom is 0.193 e.